The van der Waals surface area contributed by atoms with Gasteiger partial charge in [-0.15, -0.1) is 0 Å². The molecule has 0 aromatic carbocycles. The zero-order valence-electron chi connectivity index (χ0n) is 8.99. The molecule has 0 unspecified atom stereocenters. The zero-order valence-corrected chi connectivity index (χ0v) is 8.99. The van der Waals surface area contributed by atoms with Gasteiger partial charge in [0.2, 0.25) is 0 Å². The van der Waals surface area contributed by atoms with E-state index in [0.29, 0.717) is 13.2 Å². The highest BCUT2D eigenvalue weighted by atomic mass is 16.5. The van der Waals surface area contributed by atoms with Gasteiger partial charge in [-0.3, -0.25) is 0 Å². The minimum atomic E-state index is -0.283. The number of ether oxygens (including phenoxy) is 2. The van der Waals surface area contributed by atoms with Crippen molar-refractivity contribution >= 4 is 5.97 Å². The molecule has 1 heterocycles. The van der Waals surface area contributed by atoms with E-state index < -0.39 is 0 Å². The van der Waals surface area contributed by atoms with Gasteiger partial charge in [0.05, 0.1) is 20.3 Å². The lowest BCUT2D eigenvalue weighted by Gasteiger charge is -2.28. The van der Waals surface area contributed by atoms with E-state index in [1.807, 2.05) is 0 Å². The van der Waals surface area contributed by atoms with Gasteiger partial charge in [-0.2, -0.15) is 0 Å². The normalized spacial score (nSPS) is 32.5. The lowest BCUT2D eigenvalue weighted by molar-refractivity contribution is -0.134. The smallest absolute Gasteiger partial charge is 0.330 e. The van der Waals surface area contributed by atoms with Crippen molar-refractivity contribution in [2.24, 2.45) is 5.41 Å². The van der Waals surface area contributed by atoms with E-state index in [1.54, 1.807) is 6.08 Å². The van der Waals surface area contributed by atoms with E-state index in [-0.39, 0.29) is 11.4 Å². The van der Waals surface area contributed by atoms with Gasteiger partial charge in [-0.25, -0.2) is 4.79 Å². The Kier molecular flexibility index (Phi) is 2.91. The SMILES string of the molecule is COC(=O)/C=C1\COC[C@]12C=CCCC2. The maximum absolute atomic E-state index is 11.2. The van der Waals surface area contributed by atoms with E-state index in [1.165, 1.54) is 13.5 Å². The van der Waals surface area contributed by atoms with Gasteiger partial charge in [-0.05, 0) is 24.8 Å². The van der Waals surface area contributed by atoms with Crippen LogP contribution in [0.15, 0.2) is 23.8 Å². The second kappa shape index (κ2) is 4.19. The molecule has 1 aliphatic heterocycles. The van der Waals surface area contributed by atoms with Crippen LogP contribution in [0.5, 0.6) is 0 Å². The Bertz CT molecular complexity index is 317. The molecule has 1 fully saturated rings. The summed E-state index contributed by atoms with van der Waals surface area (Å²) in [6.07, 6.45) is 9.34. The highest BCUT2D eigenvalue weighted by Gasteiger charge is 2.38. The summed E-state index contributed by atoms with van der Waals surface area (Å²) in [6, 6.07) is 0. The predicted octanol–water partition coefficient (Wildman–Crippen LogP) is 1.84. The van der Waals surface area contributed by atoms with Crippen LogP contribution >= 0.6 is 0 Å². The Labute approximate surface area is 89.8 Å². The van der Waals surface area contributed by atoms with E-state index in [0.717, 1.165) is 18.4 Å². The number of methoxy groups -OCH3 is 1. The fraction of sp³-hybridized carbons (Fsp3) is 0.583. The first-order chi connectivity index (χ1) is 7.27. The molecule has 0 amide bonds. The summed E-state index contributed by atoms with van der Waals surface area (Å²) in [5, 5.41) is 0. The Morgan fingerprint density at radius 1 is 1.67 bits per heavy atom. The van der Waals surface area contributed by atoms with Crippen molar-refractivity contribution in [1.82, 2.24) is 0 Å². The van der Waals surface area contributed by atoms with Crippen molar-refractivity contribution in [2.75, 3.05) is 20.3 Å². The Morgan fingerprint density at radius 3 is 3.20 bits per heavy atom. The highest BCUT2D eigenvalue weighted by molar-refractivity contribution is 5.83. The van der Waals surface area contributed by atoms with Crippen LogP contribution in [0.25, 0.3) is 0 Å². The molecule has 3 heteroatoms. The molecule has 0 aromatic rings. The third-order valence-electron chi connectivity index (χ3n) is 3.18. The van der Waals surface area contributed by atoms with Gasteiger partial charge in [0.1, 0.15) is 0 Å². The monoisotopic (exact) mass is 208 g/mol. The minimum Gasteiger partial charge on any atom is -0.466 e. The molecule has 0 saturated carbocycles. The van der Waals surface area contributed by atoms with Crippen LogP contribution < -0.4 is 0 Å². The number of esters is 1. The summed E-state index contributed by atoms with van der Waals surface area (Å²) in [6.45, 7) is 1.26. The average Bonchev–Trinajstić information content (AvgIpc) is 2.63. The van der Waals surface area contributed by atoms with E-state index >= 15 is 0 Å². The summed E-state index contributed by atoms with van der Waals surface area (Å²) in [5.41, 5.74) is 1.04. The minimum absolute atomic E-state index is 0.0214. The molecule has 2 rings (SSSR count). The lowest BCUT2D eigenvalue weighted by atomic mass is 9.75. The third-order valence-corrected chi connectivity index (χ3v) is 3.18. The molecule has 15 heavy (non-hydrogen) atoms. The van der Waals surface area contributed by atoms with Crippen molar-refractivity contribution < 1.29 is 14.3 Å². The van der Waals surface area contributed by atoms with Gasteiger partial charge < -0.3 is 9.47 Å². The number of allylic oxidation sites excluding steroid dienone is 1. The molecule has 1 atom stereocenters. The maximum atomic E-state index is 11.2. The Hall–Kier alpha value is -1.09. The van der Waals surface area contributed by atoms with Crippen molar-refractivity contribution in [3.8, 4) is 0 Å². The van der Waals surface area contributed by atoms with Crippen LogP contribution in [-0.2, 0) is 14.3 Å². The number of rotatable bonds is 1. The summed E-state index contributed by atoms with van der Waals surface area (Å²) >= 11 is 0. The molecule has 0 radical (unpaired) electrons. The van der Waals surface area contributed by atoms with Crippen LogP contribution in [0.1, 0.15) is 19.3 Å². The molecule has 82 valence electrons. The summed E-state index contributed by atoms with van der Waals surface area (Å²) in [7, 11) is 1.40. The Balaban J connectivity index is 2.24. The van der Waals surface area contributed by atoms with Gasteiger partial charge in [0.15, 0.2) is 0 Å². The van der Waals surface area contributed by atoms with Crippen molar-refractivity contribution in [3.05, 3.63) is 23.8 Å². The number of carbonyl (C=O) groups is 1. The van der Waals surface area contributed by atoms with Crippen LogP contribution in [-0.4, -0.2) is 26.3 Å². The first-order valence-corrected chi connectivity index (χ1v) is 5.31. The fourth-order valence-corrected chi connectivity index (χ4v) is 2.28. The van der Waals surface area contributed by atoms with Crippen LogP contribution in [0.4, 0.5) is 0 Å². The van der Waals surface area contributed by atoms with E-state index in [2.05, 4.69) is 16.9 Å². The molecular formula is C12H16O3. The molecule has 0 bridgehead atoms. The first kappa shape index (κ1) is 10.4. The number of carbonyl (C=O) groups excluding carboxylic acids is 1. The van der Waals surface area contributed by atoms with Gasteiger partial charge in [-0.1, -0.05) is 12.2 Å². The number of hydrogen-bond acceptors (Lipinski definition) is 3. The molecule has 0 aromatic heterocycles. The predicted molar refractivity (Wildman–Crippen MR) is 56.3 cm³/mol. The topological polar surface area (TPSA) is 35.5 Å². The van der Waals surface area contributed by atoms with Crippen LogP contribution in [0.2, 0.25) is 0 Å². The second-order valence-electron chi connectivity index (χ2n) is 4.14. The standard InChI is InChI=1S/C12H16O3/c1-14-11(13)7-10-8-15-9-12(10)5-3-2-4-6-12/h3,5,7H,2,4,6,8-9H2,1H3/b10-7+/t12-/m1/s1. The maximum Gasteiger partial charge on any atom is 0.330 e. The fourth-order valence-electron chi connectivity index (χ4n) is 2.28. The Morgan fingerprint density at radius 2 is 2.53 bits per heavy atom. The van der Waals surface area contributed by atoms with Crippen LogP contribution in [0, 0.1) is 5.41 Å². The summed E-state index contributed by atoms with van der Waals surface area (Å²) < 4.78 is 10.1. The molecule has 1 saturated heterocycles. The van der Waals surface area contributed by atoms with Crippen molar-refractivity contribution in [2.45, 2.75) is 19.3 Å². The van der Waals surface area contributed by atoms with Crippen LogP contribution in [0.3, 0.4) is 0 Å². The van der Waals surface area contributed by atoms with Gasteiger partial charge >= 0.3 is 5.97 Å². The van der Waals surface area contributed by atoms with Crippen molar-refractivity contribution in [3.63, 3.8) is 0 Å². The molecular weight excluding hydrogens is 192 g/mol. The highest BCUT2D eigenvalue weighted by Crippen LogP contribution is 2.42. The number of hydrogen-bond donors (Lipinski definition) is 0. The first-order valence-electron chi connectivity index (χ1n) is 5.31. The quantitative estimate of drug-likeness (QED) is 0.375. The van der Waals surface area contributed by atoms with Gasteiger partial charge in [0.25, 0.3) is 0 Å². The van der Waals surface area contributed by atoms with Gasteiger partial charge in [0, 0.05) is 11.5 Å². The molecule has 1 aliphatic carbocycles. The molecule has 0 N–H and O–H groups in total. The largest absolute Gasteiger partial charge is 0.466 e. The lowest BCUT2D eigenvalue weighted by Crippen LogP contribution is -2.23. The molecule has 1 spiro atoms. The summed E-state index contributed by atoms with van der Waals surface area (Å²) in [4.78, 5) is 11.2. The average molecular weight is 208 g/mol. The second-order valence-corrected chi connectivity index (χ2v) is 4.14. The van der Waals surface area contributed by atoms with E-state index in [9.17, 15) is 4.79 Å². The summed E-state index contributed by atoms with van der Waals surface area (Å²) in [5.74, 6) is -0.283. The van der Waals surface area contributed by atoms with Crippen molar-refractivity contribution in [1.29, 1.82) is 0 Å². The molecule has 3 nitrogen and oxygen atoms in total. The third kappa shape index (κ3) is 1.97. The zero-order chi connectivity index (χ0) is 10.7. The van der Waals surface area contributed by atoms with E-state index in [4.69, 9.17) is 4.74 Å². The molecule has 2 aliphatic rings.